The summed E-state index contributed by atoms with van der Waals surface area (Å²) >= 11 is 0. The maximum absolute atomic E-state index is 11.4. The maximum Gasteiger partial charge on any atom is 0.238 e. The number of nitrogens with two attached hydrogens (primary N) is 1. The third-order valence-corrected chi connectivity index (χ3v) is 4.01. The van der Waals surface area contributed by atoms with Gasteiger partial charge in [0.2, 0.25) is 10.0 Å². The van der Waals surface area contributed by atoms with E-state index in [1.165, 1.54) is 0 Å². The molecule has 6 heteroatoms. The molecule has 0 aliphatic carbocycles. The van der Waals surface area contributed by atoms with Crippen LogP contribution in [0.4, 0.5) is 5.69 Å². The normalized spacial score (nSPS) is 11.5. The van der Waals surface area contributed by atoms with Gasteiger partial charge in [0, 0.05) is 24.6 Å². The average molecular weight is 279 g/mol. The van der Waals surface area contributed by atoms with Gasteiger partial charge in [-0.25, -0.2) is 13.6 Å². The van der Waals surface area contributed by atoms with Crippen LogP contribution in [0.3, 0.4) is 0 Å². The number of aryl methyl sites for hydroxylation is 1. The molecule has 0 saturated heterocycles. The first-order valence-corrected chi connectivity index (χ1v) is 7.42. The molecule has 0 spiro atoms. The minimum absolute atomic E-state index is 0.132. The van der Waals surface area contributed by atoms with Crippen LogP contribution >= 0.6 is 0 Å². The van der Waals surface area contributed by atoms with Gasteiger partial charge in [-0.05, 0) is 48.7 Å². The Bertz CT molecular complexity index is 676. The number of rotatable bonds is 4. The van der Waals surface area contributed by atoms with Gasteiger partial charge >= 0.3 is 0 Å². The first-order valence-electron chi connectivity index (χ1n) is 5.87. The van der Waals surface area contributed by atoms with Gasteiger partial charge in [0.1, 0.15) is 0 Å². The van der Waals surface area contributed by atoms with Crippen molar-refractivity contribution in [3.05, 3.63) is 47.3 Å². The molecule has 1 aromatic heterocycles. The third kappa shape index (κ3) is 3.15. The summed E-state index contributed by atoms with van der Waals surface area (Å²) < 4.78 is 22.9. The van der Waals surface area contributed by atoms with Gasteiger partial charge in [0.05, 0.1) is 4.90 Å². The summed E-state index contributed by atoms with van der Waals surface area (Å²) in [6, 6.07) is 5.12. The summed E-state index contributed by atoms with van der Waals surface area (Å²) in [4.78, 5) is 3.10. The fraction of sp³-hybridized carbons (Fsp3) is 0.231. The minimum atomic E-state index is -3.68. The van der Waals surface area contributed by atoms with Crippen molar-refractivity contribution in [1.82, 2.24) is 4.98 Å². The summed E-state index contributed by atoms with van der Waals surface area (Å²) in [5, 5.41) is 8.40. The number of aromatic nitrogens is 1. The zero-order valence-electron chi connectivity index (χ0n) is 10.9. The van der Waals surface area contributed by atoms with Crippen LogP contribution in [0, 0.1) is 13.8 Å². The molecule has 1 aromatic carbocycles. The Hall–Kier alpha value is -1.79. The molecule has 0 fully saturated rings. The van der Waals surface area contributed by atoms with E-state index in [1.54, 1.807) is 12.1 Å². The number of sulfonamides is 1. The van der Waals surface area contributed by atoms with Crippen molar-refractivity contribution >= 4 is 15.7 Å². The predicted molar refractivity (Wildman–Crippen MR) is 75.4 cm³/mol. The Labute approximate surface area is 112 Å². The zero-order valence-corrected chi connectivity index (χ0v) is 11.7. The molecule has 0 aliphatic rings. The summed E-state index contributed by atoms with van der Waals surface area (Å²) in [6.07, 6.45) is 3.73. The Kier molecular flexibility index (Phi) is 3.64. The van der Waals surface area contributed by atoms with Gasteiger partial charge in [-0.3, -0.25) is 0 Å². The first kappa shape index (κ1) is 13.6. The van der Waals surface area contributed by atoms with Gasteiger partial charge < -0.3 is 10.3 Å². The molecule has 4 N–H and O–H groups in total. The number of aromatic amines is 1. The molecule has 0 saturated carbocycles. The largest absolute Gasteiger partial charge is 0.381 e. The van der Waals surface area contributed by atoms with Crippen molar-refractivity contribution in [2.24, 2.45) is 5.14 Å². The number of anilines is 1. The smallest absolute Gasteiger partial charge is 0.238 e. The van der Waals surface area contributed by atoms with E-state index in [2.05, 4.69) is 10.3 Å². The topological polar surface area (TPSA) is 88.0 Å². The molecular weight excluding hydrogens is 262 g/mol. The highest BCUT2D eigenvalue weighted by Crippen LogP contribution is 2.24. The number of H-pyrrole nitrogens is 1. The monoisotopic (exact) mass is 279 g/mol. The highest BCUT2D eigenvalue weighted by atomic mass is 32.2. The number of primary sulfonamides is 1. The van der Waals surface area contributed by atoms with Gasteiger partial charge in [0.15, 0.2) is 0 Å². The predicted octanol–water partition coefficient (Wildman–Crippen LogP) is 1.89. The number of hydrogen-bond acceptors (Lipinski definition) is 3. The van der Waals surface area contributed by atoms with Crippen molar-refractivity contribution in [1.29, 1.82) is 0 Å². The van der Waals surface area contributed by atoms with E-state index in [1.807, 2.05) is 32.3 Å². The van der Waals surface area contributed by atoms with Crippen molar-refractivity contribution in [2.45, 2.75) is 25.3 Å². The van der Waals surface area contributed by atoms with Crippen LogP contribution < -0.4 is 10.5 Å². The summed E-state index contributed by atoms with van der Waals surface area (Å²) in [7, 11) is -3.68. The number of benzene rings is 1. The average Bonchev–Trinajstić information content (AvgIpc) is 2.82. The highest BCUT2D eigenvalue weighted by molar-refractivity contribution is 7.89. The zero-order chi connectivity index (χ0) is 14.0. The van der Waals surface area contributed by atoms with Crippen molar-refractivity contribution in [3.8, 4) is 0 Å². The van der Waals surface area contributed by atoms with Crippen LogP contribution in [0.5, 0.6) is 0 Å². The van der Waals surface area contributed by atoms with E-state index in [0.717, 1.165) is 22.4 Å². The molecule has 0 amide bonds. The van der Waals surface area contributed by atoms with Gasteiger partial charge in [-0.1, -0.05) is 0 Å². The summed E-state index contributed by atoms with van der Waals surface area (Å²) in [6.45, 7) is 4.44. The van der Waals surface area contributed by atoms with Crippen LogP contribution in [-0.2, 0) is 16.6 Å². The van der Waals surface area contributed by atoms with Crippen molar-refractivity contribution < 1.29 is 8.42 Å². The molecule has 5 nitrogen and oxygen atoms in total. The minimum Gasteiger partial charge on any atom is -0.381 e. The Balaban J connectivity index is 2.31. The third-order valence-electron chi connectivity index (χ3n) is 3.11. The Morgan fingerprint density at radius 2 is 2.05 bits per heavy atom. The van der Waals surface area contributed by atoms with E-state index >= 15 is 0 Å². The lowest BCUT2D eigenvalue weighted by atomic mass is 10.1. The second kappa shape index (κ2) is 5.07. The van der Waals surface area contributed by atoms with Crippen molar-refractivity contribution in [2.75, 3.05) is 5.32 Å². The molecule has 102 valence electrons. The maximum atomic E-state index is 11.4. The summed E-state index contributed by atoms with van der Waals surface area (Å²) in [5.41, 5.74) is 3.79. The van der Waals surface area contributed by atoms with E-state index < -0.39 is 10.0 Å². The molecule has 0 radical (unpaired) electrons. The van der Waals surface area contributed by atoms with E-state index in [-0.39, 0.29) is 4.90 Å². The lowest BCUT2D eigenvalue weighted by Gasteiger charge is -2.13. The second-order valence-electron chi connectivity index (χ2n) is 4.53. The van der Waals surface area contributed by atoms with E-state index in [4.69, 9.17) is 5.14 Å². The van der Waals surface area contributed by atoms with E-state index in [0.29, 0.717) is 6.54 Å². The molecule has 2 aromatic rings. The Morgan fingerprint density at radius 3 is 2.63 bits per heavy atom. The molecule has 19 heavy (non-hydrogen) atoms. The highest BCUT2D eigenvalue weighted by Gasteiger charge is 2.12. The fourth-order valence-electron chi connectivity index (χ4n) is 1.84. The van der Waals surface area contributed by atoms with Crippen molar-refractivity contribution in [3.63, 3.8) is 0 Å². The van der Waals surface area contributed by atoms with Gasteiger partial charge in [-0.15, -0.1) is 0 Å². The van der Waals surface area contributed by atoms with Gasteiger partial charge in [0.25, 0.3) is 0 Å². The molecule has 2 rings (SSSR count). The second-order valence-corrected chi connectivity index (χ2v) is 6.09. The fourth-order valence-corrected chi connectivity index (χ4v) is 2.46. The van der Waals surface area contributed by atoms with Crippen LogP contribution in [0.25, 0.3) is 0 Å². The Morgan fingerprint density at radius 1 is 1.32 bits per heavy atom. The number of hydrogen-bond donors (Lipinski definition) is 3. The lowest BCUT2D eigenvalue weighted by molar-refractivity contribution is 0.597. The molecule has 1 heterocycles. The summed E-state index contributed by atoms with van der Waals surface area (Å²) in [5.74, 6) is 0. The van der Waals surface area contributed by atoms with E-state index in [9.17, 15) is 8.42 Å². The van der Waals surface area contributed by atoms with Crippen LogP contribution in [0.15, 0.2) is 35.5 Å². The van der Waals surface area contributed by atoms with Gasteiger partial charge in [-0.2, -0.15) is 0 Å². The quantitative estimate of drug-likeness (QED) is 0.798. The molecule has 0 atom stereocenters. The molecule has 0 unspecified atom stereocenters. The molecule has 0 bridgehead atoms. The first-order chi connectivity index (χ1) is 8.88. The van der Waals surface area contributed by atoms with Crippen LogP contribution in [-0.4, -0.2) is 13.4 Å². The standard InChI is InChI=1S/C13H17N3O2S/c1-9-5-12(19(14,17)18)6-13(10(9)2)16-8-11-3-4-15-7-11/h3-7,15-16H,8H2,1-2H3,(H2,14,17,18). The SMILES string of the molecule is Cc1cc(S(N)(=O)=O)cc(NCc2cc[nH]c2)c1C. The molecular formula is C13H17N3O2S. The van der Waals surface area contributed by atoms with Crippen LogP contribution in [0.1, 0.15) is 16.7 Å². The lowest BCUT2D eigenvalue weighted by Crippen LogP contribution is -2.13. The number of nitrogens with one attached hydrogen (secondary N) is 2. The van der Waals surface area contributed by atoms with Crippen LogP contribution in [0.2, 0.25) is 0 Å². The molecule has 0 aliphatic heterocycles.